The average Bonchev–Trinajstić information content (AvgIpc) is 2.98. The Morgan fingerprint density at radius 3 is 2.89 bits per heavy atom. The fourth-order valence-electron chi connectivity index (χ4n) is 1.44. The second kappa shape index (κ2) is 4.40. The highest BCUT2D eigenvalue weighted by molar-refractivity contribution is 7.19. The number of hydrogen-bond acceptors (Lipinski definition) is 6. The summed E-state index contributed by atoms with van der Waals surface area (Å²) in [6.07, 6.45) is 1.63. The molecule has 0 spiro atoms. The fourth-order valence-corrected chi connectivity index (χ4v) is 2.34. The highest BCUT2D eigenvalue weighted by Gasteiger charge is 2.15. The number of nitrogens with two attached hydrogens (primary N) is 1. The smallest absolute Gasteiger partial charge is 0.268 e. The maximum Gasteiger partial charge on any atom is 0.268 e. The summed E-state index contributed by atoms with van der Waals surface area (Å²) in [5.74, 6) is 0.774. The minimum atomic E-state index is 0.363. The molecule has 0 saturated carbocycles. The van der Waals surface area contributed by atoms with Crippen molar-refractivity contribution in [2.24, 2.45) is 0 Å². The van der Waals surface area contributed by atoms with Gasteiger partial charge in [-0.15, -0.1) is 11.3 Å². The maximum atomic E-state index is 6.02. The van der Waals surface area contributed by atoms with Crippen LogP contribution in [0.5, 0.6) is 0 Å². The van der Waals surface area contributed by atoms with Crippen LogP contribution in [0.15, 0.2) is 35.0 Å². The standard InChI is InChI=1S/C11H7ClN4OS/c12-6-2-1-5-14-9(6)10-15-11(17-16-10)7-3-4-8(13)18-7/h1-5H,13H2. The Labute approximate surface area is 111 Å². The Bertz CT molecular complexity index is 694. The van der Waals surface area contributed by atoms with Crippen LogP contribution in [0, 0.1) is 0 Å². The van der Waals surface area contributed by atoms with Gasteiger partial charge in [-0.3, -0.25) is 4.98 Å². The zero-order valence-electron chi connectivity index (χ0n) is 9.00. The first-order valence-corrected chi connectivity index (χ1v) is 6.24. The number of pyridine rings is 1. The van der Waals surface area contributed by atoms with Crippen molar-refractivity contribution in [2.75, 3.05) is 5.73 Å². The van der Waals surface area contributed by atoms with Crippen LogP contribution in [-0.4, -0.2) is 15.1 Å². The number of aromatic nitrogens is 3. The third-order valence-electron chi connectivity index (χ3n) is 2.23. The van der Waals surface area contributed by atoms with Gasteiger partial charge in [-0.25, -0.2) is 0 Å². The zero-order chi connectivity index (χ0) is 12.5. The summed E-state index contributed by atoms with van der Waals surface area (Å²) < 4.78 is 5.17. The lowest BCUT2D eigenvalue weighted by molar-refractivity contribution is 0.433. The van der Waals surface area contributed by atoms with E-state index in [0.29, 0.717) is 27.4 Å². The molecular formula is C11H7ClN4OS. The van der Waals surface area contributed by atoms with Gasteiger partial charge < -0.3 is 10.3 Å². The van der Waals surface area contributed by atoms with Crippen molar-refractivity contribution < 1.29 is 4.52 Å². The molecule has 0 fully saturated rings. The predicted molar refractivity (Wildman–Crippen MR) is 70.3 cm³/mol. The molecule has 3 aromatic rings. The lowest BCUT2D eigenvalue weighted by Crippen LogP contribution is -1.86. The summed E-state index contributed by atoms with van der Waals surface area (Å²) >= 11 is 7.40. The largest absolute Gasteiger partial charge is 0.391 e. The quantitative estimate of drug-likeness (QED) is 0.779. The van der Waals surface area contributed by atoms with Gasteiger partial charge in [0.1, 0.15) is 5.69 Å². The molecule has 0 radical (unpaired) electrons. The van der Waals surface area contributed by atoms with Crippen molar-refractivity contribution in [2.45, 2.75) is 0 Å². The molecule has 0 aliphatic heterocycles. The summed E-state index contributed by atoms with van der Waals surface area (Å²) in [5, 5.41) is 5.04. The molecule has 90 valence electrons. The summed E-state index contributed by atoms with van der Waals surface area (Å²) in [4.78, 5) is 9.20. The van der Waals surface area contributed by atoms with Crippen molar-refractivity contribution in [1.29, 1.82) is 0 Å². The third-order valence-corrected chi connectivity index (χ3v) is 3.44. The van der Waals surface area contributed by atoms with Gasteiger partial charge in [-0.2, -0.15) is 4.98 Å². The van der Waals surface area contributed by atoms with E-state index in [4.69, 9.17) is 21.9 Å². The number of nitrogen functional groups attached to an aromatic ring is 1. The van der Waals surface area contributed by atoms with Crippen LogP contribution in [0.25, 0.3) is 22.3 Å². The van der Waals surface area contributed by atoms with E-state index in [1.165, 1.54) is 11.3 Å². The lowest BCUT2D eigenvalue weighted by Gasteiger charge is -1.94. The van der Waals surface area contributed by atoms with Crippen LogP contribution >= 0.6 is 22.9 Å². The summed E-state index contributed by atoms with van der Waals surface area (Å²) in [6.45, 7) is 0. The van der Waals surface area contributed by atoms with Crippen LogP contribution < -0.4 is 5.73 Å². The Morgan fingerprint density at radius 1 is 1.28 bits per heavy atom. The van der Waals surface area contributed by atoms with Gasteiger partial charge in [0, 0.05) is 6.20 Å². The first-order valence-electron chi connectivity index (χ1n) is 5.04. The molecule has 0 aliphatic carbocycles. The van der Waals surface area contributed by atoms with E-state index in [-0.39, 0.29) is 0 Å². The highest BCUT2D eigenvalue weighted by Crippen LogP contribution is 2.30. The zero-order valence-corrected chi connectivity index (χ0v) is 10.6. The van der Waals surface area contributed by atoms with E-state index in [1.807, 2.05) is 6.07 Å². The summed E-state index contributed by atoms with van der Waals surface area (Å²) in [6, 6.07) is 7.09. The molecule has 3 heterocycles. The van der Waals surface area contributed by atoms with E-state index in [9.17, 15) is 0 Å². The molecule has 0 aliphatic rings. The van der Waals surface area contributed by atoms with E-state index < -0.39 is 0 Å². The van der Waals surface area contributed by atoms with Crippen molar-refractivity contribution in [3.63, 3.8) is 0 Å². The normalized spacial score (nSPS) is 10.7. The molecule has 7 heteroatoms. The molecule has 18 heavy (non-hydrogen) atoms. The lowest BCUT2D eigenvalue weighted by atomic mass is 10.3. The van der Waals surface area contributed by atoms with Crippen molar-refractivity contribution in [3.05, 3.63) is 35.5 Å². The fraction of sp³-hybridized carbons (Fsp3) is 0. The molecule has 0 atom stereocenters. The number of anilines is 1. The van der Waals surface area contributed by atoms with Crippen LogP contribution in [0.4, 0.5) is 5.00 Å². The molecule has 5 nitrogen and oxygen atoms in total. The van der Waals surface area contributed by atoms with Crippen LogP contribution in [0.1, 0.15) is 0 Å². The van der Waals surface area contributed by atoms with Crippen molar-refractivity contribution in [3.8, 4) is 22.3 Å². The maximum absolute atomic E-state index is 6.02. The predicted octanol–water partition coefficient (Wildman–Crippen LogP) is 3.10. The number of rotatable bonds is 2. The number of hydrogen-bond donors (Lipinski definition) is 1. The van der Waals surface area contributed by atoms with E-state index in [0.717, 1.165) is 4.88 Å². The van der Waals surface area contributed by atoms with E-state index in [2.05, 4.69) is 15.1 Å². The minimum absolute atomic E-state index is 0.363. The molecule has 0 bridgehead atoms. The van der Waals surface area contributed by atoms with Crippen LogP contribution in [-0.2, 0) is 0 Å². The van der Waals surface area contributed by atoms with Gasteiger partial charge in [0.2, 0.25) is 5.82 Å². The SMILES string of the molecule is Nc1ccc(-c2nc(-c3ncccc3Cl)no2)s1. The molecule has 0 amide bonds. The second-order valence-corrected chi connectivity index (χ2v) is 4.98. The first-order chi connectivity index (χ1) is 8.74. The average molecular weight is 279 g/mol. The summed E-state index contributed by atoms with van der Waals surface area (Å²) in [7, 11) is 0. The monoisotopic (exact) mass is 278 g/mol. The number of thiophene rings is 1. The Balaban J connectivity index is 2.02. The van der Waals surface area contributed by atoms with Gasteiger partial charge in [0.15, 0.2) is 0 Å². The van der Waals surface area contributed by atoms with Gasteiger partial charge in [-0.05, 0) is 24.3 Å². The number of nitrogens with zero attached hydrogens (tertiary/aromatic N) is 3. The molecule has 0 unspecified atom stereocenters. The van der Waals surface area contributed by atoms with Crippen molar-refractivity contribution >= 4 is 27.9 Å². The van der Waals surface area contributed by atoms with E-state index in [1.54, 1.807) is 24.4 Å². The topological polar surface area (TPSA) is 77.8 Å². The minimum Gasteiger partial charge on any atom is -0.391 e. The second-order valence-electron chi connectivity index (χ2n) is 3.46. The molecular weight excluding hydrogens is 272 g/mol. The van der Waals surface area contributed by atoms with Crippen molar-refractivity contribution in [1.82, 2.24) is 15.1 Å². The van der Waals surface area contributed by atoms with Gasteiger partial charge in [0.05, 0.1) is 14.9 Å². The molecule has 3 aromatic heterocycles. The van der Waals surface area contributed by atoms with Crippen LogP contribution in [0.2, 0.25) is 5.02 Å². The summed E-state index contributed by atoms with van der Waals surface area (Å²) in [5.41, 5.74) is 6.15. The third kappa shape index (κ3) is 1.96. The van der Waals surface area contributed by atoms with Gasteiger partial charge in [0.25, 0.3) is 5.89 Å². The van der Waals surface area contributed by atoms with Gasteiger partial charge >= 0.3 is 0 Å². The first kappa shape index (κ1) is 11.2. The van der Waals surface area contributed by atoms with Gasteiger partial charge in [-0.1, -0.05) is 16.8 Å². The number of halogens is 1. The Kier molecular flexibility index (Phi) is 2.73. The van der Waals surface area contributed by atoms with Crippen LogP contribution in [0.3, 0.4) is 0 Å². The Morgan fingerprint density at radius 2 is 2.17 bits per heavy atom. The molecule has 3 rings (SSSR count). The highest BCUT2D eigenvalue weighted by atomic mass is 35.5. The Hall–Kier alpha value is -1.92. The molecule has 2 N–H and O–H groups in total. The molecule has 0 saturated heterocycles. The molecule has 0 aromatic carbocycles. The van der Waals surface area contributed by atoms with E-state index >= 15 is 0 Å².